The number of hydrazone groups is 1. The normalized spacial score (nSPS) is 20.0. The van der Waals surface area contributed by atoms with Gasteiger partial charge in [0, 0.05) is 26.2 Å². The van der Waals surface area contributed by atoms with Gasteiger partial charge < -0.3 is 20.1 Å². The molecule has 10 nitrogen and oxygen atoms in total. The molecule has 0 saturated carbocycles. The number of halogens is 2. The maximum Gasteiger partial charge on any atom is 0.315 e. The number of morpholine rings is 1. The number of rotatable bonds is 10. The summed E-state index contributed by atoms with van der Waals surface area (Å²) < 4.78 is 10.3. The second-order valence-electron chi connectivity index (χ2n) is 7.62. The van der Waals surface area contributed by atoms with E-state index in [0.29, 0.717) is 34.9 Å². The lowest BCUT2D eigenvalue weighted by Crippen LogP contribution is -2.47. The van der Waals surface area contributed by atoms with Gasteiger partial charge in [0.05, 0.1) is 35.1 Å². The summed E-state index contributed by atoms with van der Waals surface area (Å²) in [5.41, 5.74) is 3.91. The van der Waals surface area contributed by atoms with Crippen LogP contribution in [0.25, 0.3) is 0 Å². The van der Waals surface area contributed by atoms with Crippen molar-refractivity contribution in [3.05, 3.63) is 33.8 Å². The molecule has 1 aromatic carbocycles. The van der Waals surface area contributed by atoms with Crippen LogP contribution in [0.2, 0.25) is 10.0 Å². The van der Waals surface area contributed by atoms with Crippen LogP contribution in [0.4, 0.5) is 0 Å². The molecule has 2 amide bonds. The lowest BCUT2D eigenvalue weighted by Gasteiger charge is -2.33. The van der Waals surface area contributed by atoms with Gasteiger partial charge in [-0.25, -0.2) is 0 Å². The Balaban J connectivity index is 1.31. The number of esters is 1. The van der Waals surface area contributed by atoms with Gasteiger partial charge in [0.1, 0.15) is 11.1 Å². The molecule has 0 bridgehead atoms. The maximum absolute atomic E-state index is 12.3. The Morgan fingerprint density at radius 3 is 2.91 bits per heavy atom. The lowest BCUT2D eigenvalue weighted by atomic mass is 10.2. The van der Waals surface area contributed by atoms with Gasteiger partial charge >= 0.3 is 5.97 Å². The van der Waals surface area contributed by atoms with Crippen LogP contribution in [0.5, 0.6) is 0 Å². The molecule has 2 aliphatic heterocycles. The predicted octanol–water partition coefficient (Wildman–Crippen LogP) is 2.00. The highest BCUT2D eigenvalue weighted by Gasteiger charge is 2.24. The largest absolute Gasteiger partial charge is 0.466 e. The molecule has 0 spiro atoms. The number of carbonyl (C=O) groups is 3. The molecule has 2 atom stereocenters. The van der Waals surface area contributed by atoms with E-state index in [9.17, 15) is 14.4 Å². The first-order chi connectivity index (χ1) is 16.8. The average molecular weight is 565 g/mol. The number of carbonyl (C=O) groups excluding carboxylic acids is 3. The summed E-state index contributed by atoms with van der Waals surface area (Å²) in [6.07, 6.45) is -0.481. The number of hydrogen-bond donors (Lipinski definition) is 3. The van der Waals surface area contributed by atoms with Crippen LogP contribution in [-0.2, 0) is 30.4 Å². The molecule has 192 valence electrons. The van der Waals surface area contributed by atoms with E-state index >= 15 is 0 Å². The van der Waals surface area contributed by atoms with Crippen molar-refractivity contribution in [1.29, 1.82) is 0 Å². The first-order valence-corrected chi connectivity index (χ1v) is 13.6. The van der Waals surface area contributed by atoms with E-state index in [1.807, 2.05) is 12.1 Å². The molecule has 0 aromatic heterocycles. The number of ether oxygens (including phenoxy) is 2. The minimum absolute atomic E-state index is 0.107. The van der Waals surface area contributed by atoms with Gasteiger partial charge in [0.2, 0.25) is 11.8 Å². The zero-order valence-electron chi connectivity index (χ0n) is 19.1. The van der Waals surface area contributed by atoms with Crippen molar-refractivity contribution in [2.24, 2.45) is 5.10 Å². The van der Waals surface area contributed by atoms with E-state index in [0.717, 1.165) is 18.7 Å². The molecule has 3 N–H and O–H groups in total. The number of hydrogen-bond acceptors (Lipinski definition) is 10. The Bertz CT molecular complexity index is 955. The fourth-order valence-corrected chi connectivity index (χ4v) is 5.46. The quantitative estimate of drug-likeness (QED) is 0.290. The second kappa shape index (κ2) is 14.1. The summed E-state index contributed by atoms with van der Waals surface area (Å²) in [5, 5.41) is 10.9. The molecule has 1 saturated heterocycles. The topological polar surface area (TPSA) is 121 Å². The van der Waals surface area contributed by atoms with Crippen LogP contribution in [0.1, 0.15) is 18.9 Å². The molecular weight excluding hydrogens is 537 g/mol. The molecule has 1 unspecified atom stereocenters. The summed E-state index contributed by atoms with van der Waals surface area (Å²) in [5.74, 6) is -1.00. The molecule has 35 heavy (non-hydrogen) atoms. The Morgan fingerprint density at radius 2 is 2.14 bits per heavy atom. The van der Waals surface area contributed by atoms with Gasteiger partial charge in [-0.15, -0.1) is 11.8 Å². The van der Waals surface area contributed by atoms with Crippen molar-refractivity contribution in [2.75, 3.05) is 38.6 Å². The van der Waals surface area contributed by atoms with Crippen molar-refractivity contribution in [1.82, 2.24) is 21.0 Å². The first-order valence-electron chi connectivity index (χ1n) is 10.9. The molecular formula is C21H27Cl2N5O5S2. The van der Waals surface area contributed by atoms with Crippen molar-refractivity contribution in [2.45, 2.75) is 30.7 Å². The smallest absolute Gasteiger partial charge is 0.315 e. The summed E-state index contributed by atoms with van der Waals surface area (Å²) in [6, 6.07) is 5.61. The molecule has 3 rings (SSSR count). The molecule has 0 aliphatic carbocycles. The Hall–Kier alpha value is -1.70. The van der Waals surface area contributed by atoms with Crippen LogP contribution in [-0.4, -0.2) is 77.3 Å². The standard InChI is InChI=1S/C21H27Cl2N5O5S2/c1-2-32-19(31)8-17(29)25-20-26-27-21(35-20)34-12-18(30)24-9-14-11-28(5-6-33-14)10-13-3-4-15(22)16(23)7-13/h3-4,7,14,21,27H,2,5-6,8-12H2,1H3,(H,24,30)(H,25,26,29)/t14-,21?/m0/s1. The zero-order chi connectivity index (χ0) is 25.2. The summed E-state index contributed by atoms with van der Waals surface area (Å²) >= 11 is 14.7. The Kier molecular flexibility index (Phi) is 11.3. The predicted molar refractivity (Wildman–Crippen MR) is 138 cm³/mol. The SMILES string of the molecule is CCOC(=O)CC(=O)NC1=NNC(SCC(=O)NC[C@H]2CN(Cc3ccc(Cl)c(Cl)c3)CCO2)S1. The van der Waals surface area contributed by atoms with Gasteiger partial charge in [-0.3, -0.25) is 24.7 Å². The zero-order valence-corrected chi connectivity index (χ0v) is 22.2. The number of benzene rings is 1. The first kappa shape index (κ1) is 27.9. The third kappa shape index (κ3) is 9.70. The van der Waals surface area contributed by atoms with Gasteiger partial charge in [0.25, 0.3) is 0 Å². The van der Waals surface area contributed by atoms with Crippen LogP contribution >= 0.6 is 46.7 Å². The maximum atomic E-state index is 12.3. The van der Waals surface area contributed by atoms with Gasteiger partial charge in [-0.05, 0) is 36.4 Å². The van der Waals surface area contributed by atoms with E-state index in [1.165, 1.54) is 23.5 Å². The summed E-state index contributed by atoms with van der Waals surface area (Å²) in [6.45, 7) is 5.10. The van der Waals surface area contributed by atoms with E-state index in [1.54, 1.807) is 13.0 Å². The minimum atomic E-state index is -0.594. The van der Waals surface area contributed by atoms with Crippen molar-refractivity contribution < 1.29 is 23.9 Å². The van der Waals surface area contributed by atoms with E-state index in [2.05, 4.69) is 26.1 Å². The molecule has 1 fully saturated rings. The molecule has 1 aromatic rings. The third-order valence-electron chi connectivity index (χ3n) is 4.85. The van der Waals surface area contributed by atoms with E-state index in [-0.39, 0.29) is 35.5 Å². The van der Waals surface area contributed by atoms with Gasteiger partial charge in [-0.1, -0.05) is 29.3 Å². The summed E-state index contributed by atoms with van der Waals surface area (Å²) in [4.78, 5) is 37.7. The van der Waals surface area contributed by atoms with Gasteiger partial charge in [-0.2, -0.15) is 5.10 Å². The minimum Gasteiger partial charge on any atom is -0.466 e. The van der Waals surface area contributed by atoms with Crippen molar-refractivity contribution in [3.63, 3.8) is 0 Å². The van der Waals surface area contributed by atoms with Crippen LogP contribution < -0.4 is 16.1 Å². The van der Waals surface area contributed by atoms with Gasteiger partial charge in [0.15, 0.2) is 5.17 Å². The number of amides is 2. The number of thioether (sulfide) groups is 2. The molecule has 2 aliphatic rings. The lowest BCUT2D eigenvalue weighted by molar-refractivity contribution is -0.145. The highest BCUT2D eigenvalue weighted by molar-refractivity contribution is 8.25. The van der Waals surface area contributed by atoms with E-state index < -0.39 is 11.9 Å². The monoisotopic (exact) mass is 563 g/mol. The fraction of sp³-hybridized carbons (Fsp3) is 0.524. The number of nitrogens with zero attached hydrogens (tertiary/aromatic N) is 2. The number of amidine groups is 1. The van der Waals surface area contributed by atoms with Crippen LogP contribution in [0, 0.1) is 0 Å². The third-order valence-corrected chi connectivity index (χ3v) is 7.86. The molecule has 0 radical (unpaired) electrons. The van der Waals surface area contributed by atoms with Crippen LogP contribution in [0.15, 0.2) is 23.3 Å². The highest BCUT2D eigenvalue weighted by atomic mass is 35.5. The Morgan fingerprint density at radius 1 is 1.31 bits per heavy atom. The number of nitrogens with one attached hydrogen (secondary N) is 3. The summed E-state index contributed by atoms with van der Waals surface area (Å²) in [7, 11) is 0. The highest BCUT2D eigenvalue weighted by Crippen LogP contribution is 2.26. The molecule has 14 heteroatoms. The van der Waals surface area contributed by atoms with Crippen LogP contribution in [0.3, 0.4) is 0 Å². The molecule has 2 heterocycles. The average Bonchev–Trinajstić information content (AvgIpc) is 3.26. The Labute approximate surface area is 222 Å². The van der Waals surface area contributed by atoms with Crippen molar-refractivity contribution >= 4 is 69.7 Å². The fourth-order valence-electron chi connectivity index (χ4n) is 3.27. The second-order valence-corrected chi connectivity index (χ2v) is 10.9. The van der Waals surface area contributed by atoms with E-state index in [4.69, 9.17) is 32.7 Å². The van der Waals surface area contributed by atoms with Crippen molar-refractivity contribution in [3.8, 4) is 0 Å².